The summed E-state index contributed by atoms with van der Waals surface area (Å²) in [5.41, 5.74) is 0. The minimum atomic E-state index is -4.38. The van der Waals surface area contributed by atoms with Crippen LogP contribution in [-0.2, 0) is 32.7 Å². The number of hydrogen-bond acceptors (Lipinski definition) is 7. The van der Waals surface area contributed by atoms with Crippen LogP contribution in [0.1, 0.15) is 245 Å². The summed E-state index contributed by atoms with van der Waals surface area (Å²) in [4.78, 5) is 35.5. The van der Waals surface area contributed by atoms with Crippen molar-refractivity contribution in [2.45, 2.75) is 251 Å². The molecule has 0 radical (unpaired) electrons. The molecule has 0 aliphatic rings. The van der Waals surface area contributed by atoms with Crippen molar-refractivity contribution in [2.75, 3.05) is 47.5 Å². The van der Waals surface area contributed by atoms with Gasteiger partial charge in [0.15, 0.2) is 6.10 Å². The lowest BCUT2D eigenvalue weighted by molar-refractivity contribution is -0.870. The monoisotopic (exact) mass is 873 g/mol. The van der Waals surface area contributed by atoms with Gasteiger partial charge in [-0.1, -0.05) is 206 Å². The van der Waals surface area contributed by atoms with Crippen LogP contribution in [0.5, 0.6) is 0 Å². The van der Waals surface area contributed by atoms with E-state index in [2.05, 4.69) is 26.0 Å². The largest absolute Gasteiger partial charge is 0.472 e. The van der Waals surface area contributed by atoms with Crippen LogP contribution in [0.2, 0.25) is 0 Å². The summed E-state index contributed by atoms with van der Waals surface area (Å²) in [7, 11) is 1.48. The first-order valence-electron chi connectivity index (χ1n) is 25.4. The second-order valence-electron chi connectivity index (χ2n) is 18.6. The Balaban J connectivity index is 4.22. The molecule has 0 aliphatic carbocycles. The van der Waals surface area contributed by atoms with Gasteiger partial charge in [-0.15, -0.1) is 0 Å². The summed E-state index contributed by atoms with van der Waals surface area (Å²) in [6.07, 6.45) is 46.9. The number of unbranched alkanes of at least 4 members (excludes halogenated alkanes) is 31. The number of rotatable bonds is 47. The van der Waals surface area contributed by atoms with E-state index in [1.807, 2.05) is 21.1 Å². The van der Waals surface area contributed by atoms with Crippen LogP contribution in [-0.4, -0.2) is 74.9 Å². The predicted octanol–water partition coefficient (Wildman–Crippen LogP) is 14.9. The molecule has 0 bridgehead atoms. The number of likely N-dealkylation sites (N-methyl/N-ethyl adjacent to an activating group) is 1. The number of ether oxygens (including phenoxy) is 2. The molecular weight excluding hydrogens is 774 g/mol. The first kappa shape index (κ1) is 58.8. The maximum Gasteiger partial charge on any atom is 0.472 e. The number of carbonyl (C=O) groups is 2. The van der Waals surface area contributed by atoms with Gasteiger partial charge in [0, 0.05) is 12.8 Å². The molecule has 0 saturated carbocycles. The number of quaternary nitrogens is 1. The fraction of sp³-hybridized carbons (Fsp3) is 0.920. The molecule has 0 rings (SSSR count). The number of phosphoric ester groups is 1. The van der Waals surface area contributed by atoms with Crippen LogP contribution in [0.25, 0.3) is 0 Å². The van der Waals surface area contributed by atoms with Gasteiger partial charge in [0.2, 0.25) is 0 Å². The number of carbonyl (C=O) groups excluding carboxylic acids is 2. The number of phosphoric acid groups is 1. The minimum absolute atomic E-state index is 0.0335. The van der Waals surface area contributed by atoms with Crippen LogP contribution >= 0.6 is 7.82 Å². The Kier molecular flexibility index (Phi) is 42.1. The van der Waals surface area contributed by atoms with E-state index < -0.39 is 26.5 Å². The number of esters is 2. The third-order valence-corrected chi connectivity index (χ3v) is 12.3. The first-order valence-corrected chi connectivity index (χ1v) is 26.9. The molecule has 2 unspecified atom stereocenters. The zero-order valence-corrected chi connectivity index (χ0v) is 41.1. The van der Waals surface area contributed by atoms with Gasteiger partial charge in [0.05, 0.1) is 27.7 Å². The molecule has 356 valence electrons. The topological polar surface area (TPSA) is 108 Å². The molecular formula is C50H99NO8P+. The van der Waals surface area contributed by atoms with Crippen LogP contribution < -0.4 is 0 Å². The molecule has 0 aliphatic heterocycles. The van der Waals surface area contributed by atoms with E-state index in [0.29, 0.717) is 23.9 Å². The Bertz CT molecular complexity index is 1030. The highest BCUT2D eigenvalue weighted by molar-refractivity contribution is 7.47. The smallest absolute Gasteiger partial charge is 0.462 e. The summed E-state index contributed by atoms with van der Waals surface area (Å²) in [5, 5.41) is 0. The Hall–Kier alpha value is -1.25. The molecule has 0 saturated heterocycles. The highest BCUT2D eigenvalue weighted by Crippen LogP contribution is 2.43. The third-order valence-electron chi connectivity index (χ3n) is 11.3. The fourth-order valence-electron chi connectivity index (χ4n) is 7.31. The molecule has 0 fully saturated rings. The summed E-state index contributed by atoms with van der Waals surface area (Å²) >= 11 is 0. The lowest BCUT2D eigenvalue weighted by Crippen LogP contribution is -2.37. The second-order valence-corrected chi connectivity index (χ2v) is 20.0. The summed E-state index contributed by atoms with van der Waals surface area (Å²) < 4.78 is 34.4. The van der Waals surface area contributed by atoms with Gasteiger partial charge in [-0.2, -0.15) is 0 Å². The van der Waals surface area contributed by atoms with Gasteiger partial charge in [-0.05, 0) is 38.5 Å². The second kappa shape index (κ2) is 43.0. The molecule has 0 heterocycles. The van der Waals surface area contributed by atoms with Gasteiger partial charge in [0.25, 0.3) is 0 Å². The molecule has 0 spiro atoms. The fourth-order valence-corrected chi connectivity index (χ4v) is 8.05. The van der Waals surface area contributed by atoms with E-state index >= 15 is 0 Å². The Morgan fingerprint density at radius 2 is 0.850 bits per heavy atom. The normalized spacial score (nSPS) is 13.5. The van der Waals surface area contributed by atoms with Crippen molar-refractivity contribution in [2.24, 2.45) is 0 Å². The van der Waals surface area contributed by atoms with Crippen molar-refractivity contribution < 1.29 is 42.1 Å². The molecule has 2 atom stereocenters. The van der Waals surface area contributed by atoms with Crippen molar-refractivity contribution in [3.8, 4) is 0 Å². The van der Waals surface area contributed by atoms with Crippen molar-refractivity contribution in [1.29, 1.82) is 0 Å². The molecule has 60 heavy (non-hydrogen) atoms. The SMILES string of the molecule is CCCCCCCCC/C=C\CCCCCCCC(=O)OC(COC(=O)CCCCCCCCCCCCCCCCCCCCCC)COP(=O)(O)OCC[N+](C)(C)C. The Morgan fingerprint density at radius 3 is 1.23 bits per heavy atom. The van der Waals surface area contributed by atoms with Crippen molar-refractivity contribution in [3.05, 3.63) is 12.2 Å². The zero-order chi connectivity index (χ0) is 44.3. The predicted molar refractivity (Wildman–Crippen MR) is 252 cm³/mol. The Labute approximate surface area is 371 Å². The molecule has 1 N–H and O–H groups in total. The number of hydrogen-bond donors (Lipinski definition) is 1. The molecule has 0 amide bonds. The highest BCUT2D eigenvalue weighted by atomic mass is 31.2. The van der Waals surface area contributed by atoms with Crippen LogP contribution in [0, 0.1) is 0 Å². The van der Waals surface area contributed by atoms with E-state index in [4.69, 9.17) is 18.5 Å². The minimum Gasteiger partial charge on any atom is -0.462 e. The standard InChI is InChI=1S/C50H98NO8P/c1-6-8-10-12-14-16-18-20-22-24-25-26-27-29-30-32-34-36-38-40-42-49(52)56-46-48(47-58-60(54,55)57-45-44-51(3,4)5)59-50(53)43-41-39-37-35-33-31-28-23-21-19-17-15-13-11-9-7-2/h23,28,48H,6-22,24-27,29-47H2,1-5H3/p+1/b28-23-. The maximum absolute atomic E-state index is 12.7. The van der Waals surface area contributed by atoms with Gasteiger partial charge in [-0.25, -0.2) is 4.57 Å². The van der Waals surface area contributed by atoms with E-state index in [0.717, 1.165) is 51.4 Å². The molecule has 0 aromatic rings. The zero-order valence-electron chi connectivity index (χ0n) is 40.2. The van der Waals surface area contributed by atoms with E-state index in [1.165, 1.54) is 161 Å². The van der Waals surface area contributed by atoms with Gasteiger partial charge < -0.3 is 18.9 Å². The molecule has 10 heteroatoms. The summed E-state index contributed by atoms with van der Waals surface area (Å²) in [6.45, 7) is 4.46. The maximum atomic E-state index is 12.7. The summed E-state index contributed by atoms with van der Waals surface area (Å²) in [5.74, 6) is -0.793. The van der Waals surface area contributed by atoms with Gasteiger partial charge >= 0.3 is 19.8 Å². The number of nitrogens with zero attached hydrogens (tertiary/aromatic N) is 1. The number of allylic oxidation sites excluding steroid dienone is 2. The summed E-state index contributed by atoms with van der Waals surface area (Å²) in [6, 6.07) is 0. The average molecular weight is 873 g/mol. The van der Waals surface area contributed by atoms with Crippen molar-refractivity contribution in [1.82, 2.24) is 0 Å². The quantitative estimate of drug-likeness (QED) is 0.0212. The lowest BCUT2D eigenvalue weighted by atomic mass is 10.0. The van der Waals surface area contributed by atoms with E-state index in [9.17, 15) is 19.0 Å². The van der Waals surface area contributed by atoms with Crippen LogP contribution in [0.3, 0.4) is 0 Å². The van der Waals surface area contributed by atoms with Crippen LogP contribution in [0.4, 0.5) is 0 Å². The van der Waals surface area contributed by atoms with Crippen molar-refractivity contribution in [3.63, 3.8) is 0 Å². The third kappa shape index (κ3) is 46.3. The van der Waals surface area contributed by atoms with Crippen molar-refractivity contribution >= 4 is 19.8 Å². The highest BCUT2D eigenvalue weighted by Gasteiger charge is 2.27. The lowest BCUT2D eigenvalue weighted by Gasteiger charge is -2.24. The van der Waals surface area contributed by atoms with Gasteiger partial charge in [-0.3, -0.25) is 18.6 Å². The first-order chi connectivity index (χ1) is 29.0. The van der Waals surface area contributed by atoms with Gasteiger partial charge in [0.1, 0.15) is 19.8 Å². The molecule has 9 nitrogen and oxygen atoms in total. The molecule has 0 aromatic carbocycles. The van der Waals surface area contributed by atoms with Crippen LogP contribution in [0.15, 0.2) is 12.2 Å². The van der Waals surface area contributed by atoms with E-state index in [1.54, 1.807) is 0 Å². The molecule has 0 aromatic heterocycles. The van der Waals surface area contributed by atoms with E-state index in [-0.39, 0.29) is 25.6 Å². The Morgan fingerprint density at radius 1 is 0.500 bits per heavy atom. The average Bonchev–Trinajstić information content (AvgIpc) is 3.20.